The molecule has 0 aliphatic carbocycles. The van der Waals surface area contributed by atoms with Crippen LogP contribution in [0.25, 0.3) is 27.7 Å². The van der Waals surface area contributed by atoms with Crippen molar-refractivity contribution in [1.29, 1.82) is 0 Å². The SMILES string of the molecule is Cc1cc2c(-c3ccc(F)cc3F)nn(-c3cccc(OC(F)(F)F)c3)c(=O)c2cc1C. The van der Waals surface area contributed by atoms with E-state index in [0.29, 0.717) is 11.5 Å². The third-order valence-corrected chi connectivity index (χ3v) is 4.99. The van der Waals surface area contributed by atoms with Gasteiger partial charge in [-0.1, -0.05) is 6.07 Å². The minimum absolute atomic E-state index is 0.0133. The topological polar surface area (TPSA) is 44.1 Å². The van der Waals surface area contributed by atoms with E-state index in [1.165, 1.54) is 18.2 Å². The van der Waals surface area contributed by atoms with E-state index in [0.717, 1.165) is 34.0 Å². The predicted octanol–water partition coefficient (Wildman–Crippen LogP) is 5.85. The van der Waals surface area contributed by atoms with E-state index in [1.54, 1.807) is 19.1 Å². The second-order valence-electron chi connectivity index (χ2n) is 7.22. The van der Waals surface area contributed by atoms with E-state index in [9.17, 15) is 26.7 Å². The molecular weight excluding hydrogens is 431 g/mol. The van der Waals surface area contributed by atoms with Crippen LogP contribution in [0.3, 0.4) is 0 Å². The van der Waals surface area contributed by atoms with E-state index < -0.39 is 29.3 Å². The molecule has 0 fully saturated rings. The van der Waals surface area contributed by atoms with Crippen molar-refractivity contribution >= 4 is 10.8 Å². The molecule has 4 nitrogen and oxygen atoms in total. The molecule has 0 spiro atoms. The Morgan fingerprint density at radius 3 is 2.25 bits per heavy atom. The summed E-state index contributed by atoms with van der Waals surface area (Å²) in [5.74, 6) is -2.22. The van der Waals surface area contributed by atoms with Crippen molar-refractivity contribution in [2.24, 2.45) is 0 Å². The number of nitrogens with zero attached hydrogens (tertiary/aromatic N) is 2. The second-order valence-corrected chi connectivity index (χ2v) is 7.22. The number of hydrogen-bond donors (Lipinski definition) is 0. The van der Waals surface area contributed by atoms with Crippen LogP contribution in [0.15, 0.2) is 59.4 Å². The number of fused-ring (bicyclic) bond motifs is 1. The quantitative estimate of drug-likeness (QED) is 0.371. The molecule has 4 aromatic rings. The molecule has 0 atom stereocenters. The van der Waals surface area contributed by atoms with Gasteiger partial charge in [0.1, 0.15) is 23.1 Å². The molecule has 9 heteroatoms. The fourth-order valence-corrected chi connectivity index (χ4v) is 3.37. The number of aromatic nitrogens is 2. The summed E-state index contributed by atoms with van der Waals surface area (Å²) in [4.78, 5) is 13.2. The Hall–Kier alpha value is -3.75. The van der Waals surface area contributed by atoms with Gasteiger partial charge in [-0.25, -0.2) is 8.78 Å². The van der Waals surface area contributed by atoms with Gasteiger partial charge < -0.3 is 4.74 Å². The molecule has 1 aromatic heterocycles. The van der Waals surface area contributed by atoms with Crippen LogP contribution in [0.2, 0.25) is 0 Å². The number of alkyl halides is 3. The second kappa shape index (κ2) is 7.74. The van der Waals surface area contributed by atoms with Crippen molar-refractivity contribution < 1.29 is 26.7 Å². The van der Waals surface area contributed by atoms with Gasteiger partial charge in [0.2, 0.25) is 0 Å². The Balaban J connectivity index is 2.03. The largest absolute Gasteiger partial charge is 0.573 e. The van der Waals surface area contributed by atoms with Crippen LogP contribution < -0.4 is 10.3 Å². The smallest absolute Gasteiger partial charge is 0.406 e. The molecule has 1 heterocycles. The van der Waals surface area contributed by atoms with E-state index in [2.05, 4.69) is 9.84 Å². The van der Waals surface area contributed by atoms with Crippen molar-refractivity contribution in [3.63, 3.8) is 0 Å². The van der Waals surface area contributed by atoms with Crippen LogP contribution in [-0.4, -0.2) is 16.1 Å². The van der Waals surface area contributed by atoms with E-state index >= 15 is 0 Å². The average Bonchev–Trinajstić information content (AvgIpc) is 2.69. The molecule has 0 saturated heterocycles. The highest BCUT2D eigenvalue weighted by Gasteiger charge is 2.31. The summed E-state index contributed by atoms with van der Waals surface area (Å²) in [6.07, 6.45) is -4.92. The van der Waals surface area contributed by atoms with Gasteiger partial charge in [-0.2, -0.15) is 9.78 Å². The lowest BCUT2D eigenvalue weighted by atomic mass is 9.99. The minimum Gasteiger partial charge on any atom is -0.406 e. The Labute approximate surface area is 178 Å². The zero-order valence-corrected chi connectivity index (χ0v) is 16.8. The van der Waals surface area contributed by atoms with Gasteiger partial charge >= 0.3 is 6.36 Å². The summed E-state index contributed by atoms with van der Waals surface area (Å²) in [7, 11) is 0. The Kier molecular flexibility index (Phi) is 5.20. The molecule has 3 aromatic carbocycles. The summed E-state index contributed by atoms with van der Waals surface area (Å²) >= 11 is 0. The zero-order valence-electron chi connectivity index (χ0n) is 16.8. The summed E-state index contributed by atoms with van der Waals surface area (Å²) < 4.78 is 70.8. The van der Waals surface area contributed by atoms with Crippen molar-refractivity contribution in [1.82, 2.24) is 9.78 Å². The molecular formula is C23H15F5N2O2. The molecule has 164 valence electrons. The third-order valence-electron chi connectivity index (χ3n) is 4.99. The summed E-state index contributed by atoms with van der Waals surface area (Å²) in [6.45, 7) is 3.60. The molecule has 0 bridgehead atoms. The van der Waals surface area contributed by atoms with Crippen molar-refractivity contribution in [3.05, 3.63) is 87.7 Å². The molecule has 0 aliphatic rings. The number of aryl methyl sites for hydroxylation is 2. The van der Waals surface area contributed by atoms with Gasteiger partial charge in [-0.05, 0) is 61.4 Å². The van der Waals surface area contributed by atoms with Gasteiger partial charge in [0.15, 0.2) is 0 Å². The Morgan fingerprint density at radius 1 is 0.906 bits per heavy atom. The van der Waals surface area contributed by atoms with Crippen LogP contribution in [0.5, 0.6) is 5.75 Å². The average molecular weight is 446 g/mol. The number of rotatable bonds is 3. The maximum Gasteiger partial charge on any atom is 0.573 e. The highest BCUT2D eigenvalue weighted by atomic mass is 19.4. The maximum absolute atomic E-state index is 14.6. The first kappa shape index (κ1) is 21.5. The van der Waals surface area contributed by atoms with E-state index in [4.69, 9.17) is 0 Å². The maximum atomic E-state index is 14.6. The van der Waals surface area contributed by atoms with Crippen molar-refractivity contribution in [2.45, 2.75) is 20.2 Å². The lowest BCUT2D eigenvalue weighted by molar-refractivity contribution is -0.274. The Morgan fingerprint density at radius 2 is 1.59 bits per heavy atom. The number of halogens is 5. The van der Waals surface area contributed by atoms with Gasteiger partial charge in [0.25, 0.3) is 5.56 Å². The molecule has 0 saturated carbocycles. The first-order chi connectivity index (χ1) is 15.0. The van der Waals surface area contributed by atoms with Gasteiger partial charge in [0.05, 0.1) is 11.1 Å². The fraction of sp³-hybridized carbons (Fsp3) is 0.130. The minimum atomic E-state index is -4.92. The molecule has 0 amide bonds. The predicted molar refractivity (Wildman–Crippen MR) is 109 cm³/mol. The fourth-order valence-electron chi connectivity index (χ4n) is 3.37. The zero-order chi connectivity index (χ0) is 23.2. The summed E-state index contributed by atoms with van der Waals surface area (Å²) in [6, 6.07) is 10.9. The first-order valence-electron chi connectivity index (χ1n) is 9.39. The molecule has 32 heavy (non-hydrogen) atoms. The van der Waals surface area contributed by atoms with Crippen LogP contribution >= 0.6 is 0 Å². The molecule has 4 rings (SSSR count). The monoisotopic (exact) mass is 446 g/mol. The van der Waals surface area contributed by atoms with Crippen LogP contribution in [0.4, 0.5) is 22.0 Å². The van der Waals surface area contributed by atoms with Crippen molar-refractivity contribution in [3.8, 4) is 22.7 Å². The van der Waals surface area contributed by atoms with E-state index in [-0.39, 0.29) is 22.3 Å². The standard InChI is InChI=1S/C23H15F5N2O2/c1-12-8-18-19(9-13(12)2)22(31)30(15-4-3-5-16(11-15)32-23(26,27)28)29-21(18)17-7-6-14(24)10-20(17)25/h3-11H,1-2H3. The summed E-state index contributed by atoms with van der Waals surface area (Å²) in [5, 5.41) is 4.76. The van der Waals surface area contributed by atoms with Crippen LogP contribution in [0.1, 0.15) is 11.1 Å². The number of benzene rings is 3. The molecule has 0 aliphatic heterocycles. The van der Waals surface area contributed by atoms with Gasteiger partial charge in [0, 0.05) is 23.1 Å². The lowest BCUT2D eigenvalue weighted by Gasteiger charge is -2.15. The Bertz CT molecular complexity index is 1410. The van der Waals surface area contributed by atoms with Crippen LogP contribution in [-0.2, 0) is 0 Å². The lowest BCUT2D eigenvalue weighted by Crippen LogP contribution is -2.23. The van der Waals surface area contributed by atoms with Gasteiger partial charge in [-0.3, -0.25) is 4.79 Å². The number of hydrogen-bond acceptors (Lipinski definition) is 3. The normalized spacial score (nSPS) is 11.7. The van der Waals surface area contributed by atoms with Crippen LogP contribution in [0, 0.1) is 25.5 Å². The van der Waals surface area contributed by atoms with Gasteiger partial charge in [-0.15, -0.1) is 13.2 Å². The molecule has 0 N–H and O–H groups in total. The molecule has 0 radical (unpaired) electrons. The third kappa shape index (κ3) is 4.05. The first-order valence-corrected chi connectivity index (χ1v) is 9.39. The highest BCUT2D eigenvalue weighted by molar-refractivity contribution is 5.95. The highest BCUT2D eigenvalue weighted by Crippen LogP contribution is 2.30. The summed E-state index contributed by atoms with van der Waals surface area (Å²) in [5.41, 5.74) is 0.963. The van der Waals surface area contributed by atoms with Crippen molar-refractivity contribution in [2.75, 3.05) is 0 Å². The number of ether oxygens (including phenoxy) is 1. The molecule has 0 unspecified atom stereocenters. The van der Waals surface area contributed by atoms with E-state index in [1.807, 2.05) is 6.92 Å².